The number of aliphatic imine (C=N–C) groups is 2. The number of guanidine groups is 2. The van der Waals surface area contributed by atoms with E-state index in [1.54, 1.807) is 28.4 Å². The monoisotopic (exact) mass is 652 g/mol. The summed E-state index contributed by atoms with van der Waals surface area (Å²) in [6.07, 6.45) is 9.20. The molecular formula is C30H48N6O8S. The van der Waals surface area contributed by atoms with Crippen LogP contribution in [0.15, 0.2) is 46.4 Å². The fraction of sp³-hybridized carbons (Fsp3) is 0.533. The molecule has 0 aromatic heterocycles. The van der Waals surface area contributed by atoms with Gasteiger partial charge in [0.15, 0.2) is 34.9 Å². The van der Waals surface area contributed by atoms with Crippen molar-refractivity contribution in [2.24, 2.45) is 32.9 Å². The van der Waals surface area contributed by atoms with Crippen LogP contribution in [0.5, 0.6) is 23.0 Å². The number of ether oxygens (including phenoxy) is 4. The van der Waals surface area contributed by atoms with Crippen LogP contribution in [-0.4, -0.2) is 71.0 Å². The molecule has 0 unspecified atom stereocenters. The van der Waals surface area contributed by atoms with Gasteiger partial charge in [-0.05, 0) is 61.1 Å². The molecule has 0 spiro atoms. The van der Waals surface area contributed by atoms with Gasteiger partial charge in [-0.1, -0.05) is 37.8 Å². The van der Waals surface area contributed by atoms with E-state index < -0.39 is 10.4 Å². The third kappa shape index (κ3) is 11.2. The maximum Gasteiger partial charge on any atom is 0.394 e. The quantitative estimate of drug-likeness (QED) is 0.123. The van der Waals surface area contributed by atoms with Crippen LogP contribution in [0, 0.1) is 0 Å². The Morgan fingerprint density at radius 2 is 0.933 bits per heavy atom. The van der Waals surface area contributed by atoms with E-state index in [1.165, 1.54) is 36.8 Å². The standard InChI is InChI=1S/2C15H23N3O2.H2O4S/c2*1-19-12-6-5-11(9-13(12)20-2)15(7-3-4-8-15)10-18-14(16)17;1-5(2,3)4/h2*5-6,9H,3-4,7-8,10H2,1-2H3,(H4,16,17,18);(H2,1,2,3,4). The van der Waals surface area contributed by atoms with Crippen LogP contribution >= 0.6 is 0 Å². The Kier molecular flexibility index (Phi) is 14.0. The third-order valence-corrected chi connectivity index (χ3v) is 8.24. The van der Waals surface area contributed by atoms with Crippen molar-refractivity contribution in [2.45, 2.75) is 62.2 Å². The van der Waals surface area contributed by atoms with Gasteiger partial charge in [-0.25, -0.2) is 0 Å². The van der Waals surface area contributed by atoms with Crippen LogP contribution in [0.1, 0.15) is 62.5 Å². The lowest BCUT2D eigenvalue weighted by Crippen LogP contribution is -2.30. The van der Waals surface area contributed by atoms with Crippen molar-refractivity contribution in [3.8, 4) is 23.0 Å². The van der Waals surface area contributed by atoms with E-state index in [0.29, 0.717) is 13.1 Å². The maximum absolute atomic E-state index is 8.74. The summed E-state index contributed by atoms with van der Waals surface area (Å²) >= 11 is 0. The lowest BCUT2D eigenvalue weighted by Gasteiger charge is -2.28. The molecule has 2 aromatic rings. The molecule has 10 N–H and O–H groups in total. The first-order chi connectivity index (χ1) is 21.2. The van der Waals surface area contributed by atoms with E-state index in [1.807, 2.05) is 24.3 Å². The zero-order valence-electron chi connectivity index (χ0n) is 26.5. The fourth-order valence-electron chi connectivity index (χ4n) is 6.00. The minimum absolute atomic E-state index is 0.0174. The van der Waals surface area contributed by atoms with E-state index in [4.69, 9.17) is 59.4 Å². The van der Waals surface area contributed by atoms with Gasteiger partial charge in [0.05, 0.1) is 41.5 Å². The molecule has 252 valence electrons. The van der Waals surface area contributed by atoms with Crippen molar-refractivity contribution >= 4 is 22.3 Å². The van der Waals surface area contributed by atoms with Gasteiger partial charge in [0.1, 0.15) is 0 Å². The Morgan fingerprint density at radius 1 is 0.644 bits per heavy atom. The predicted molar refractivity (Wildman–Crippen MR) is 175 cm³/mol. The highest BCUT2D eigenvalue weighted by molar-refractivity contribution is 7.79. The first kappa shape index (κ1) is 37.2. The number of hydrogen-bond donors (Lipinski definition) is 6. The average molecular weight is 653 g/mol. The second kappa shape index (κ2) is 16.9. The van der Waals surface area contributed by atoms with Crippen molar-refractivity contribution in [2.75, 3.05) is 41.5 Å². The molecule has 0 aliphatic heterocycles. The van der Waals surface area contributed by atoms with Crippen molar-refractivity contribution in [3.63, 3.8) is 0 Å². The van der Waals surface area contributed by atoms with Crippen molar-refractivity contribution in [1.82, 2.24) is 0 Å². The van der Waals surface area contributed by atoms with Gasteiger partial charge in [-0.15, -0.1) is 0 Å². The van der Waals surface area contributed by atoms with Crippen molar-refractivity contribution in [3.05, 3.63) is 47.5 Å². The highest BCUT2D eigenvalue weighted by Gasteiger charge is 2.37. The van der Waals surface area contributed by atoms with Crippen LogP contribution in [0.4, 0.5) is 0 Å². The molecule has 2 aliphatic carbocycles. The highest BCUT2D eigenvalue weighted by Crippen LogP contribution is 2.45. The minimum Gasteiger partial charge on any atom is -0.493 e. The molecule has 0 atom stereocenters. The zero-order chi connectivity index (χ0) is 33.7. The summed E-state index contributed by atoms with van der Waals surface area (Å²) in [7, 11) is 1.92. The van der Waals surface area contributed by atoms with E-state index in [0.717, 1.165) is 48.7 Å². The number of nitrogens with two attached hydrogens (primary N) is 4. The summed E-state index contributed by atoms with van der Waals surface area (Å²) in [6.45, 7) is 1.26. The molecule has 0 heterocycles. The van der Waals surface area contributed by atoms with Crippen molar-refractivity contribution in [1.29, 1.82) is 0 Å². The second-order valence-electron chi connectivity index (χ2n) is 11.0. The molecule has 0 saturated heterocycles. The molecule has 0 bridgehead atoms. The Bertz CT molecular complexity index is 1300. The maximum atomic E-state index is 8.74. The molecule has 2 aromatic carbocycles. The molecule has 0 amide bonds. The Balaban J connectivity index is 0.000000273. The third-order valence-electron chi connectivity index (χ3n) is 8.24. The topological polar surface area (TPSA) is 240 Å². The lowest BCUT2D eigenvalue weighted by molar-refractivity contribution is 0.352. The molecule has 2 saturated carbocycles. The molecule has 2 fully saturated rings. The van der Waals surface area contributed by atoms with Crippen LogP contribution in [-0.2, 0) is 21.2 Å². The number of benzene rings is 2. The van der Waals surface area contributed by atoms with Crippen LogP contribution in [0.3, 0.4) is 0 Å². The smallest absolute Gasteiger partial charge is 0.394 e. The molecule has 2 aliphatic rings. The van der Waals surface area contributed by atoms with Crippen LogP contribution in [0.2, 0.25) is 0 Å². The Morgan fingerprint density at radius 3 is 1.18 bits per heavy atom. The van der Waals surface area contributed by atoms with Gasteiger partial charge in [0.2, 0.25) is 0 Å². The molecule has 0 radical (unpaired) electrons. The summed E-state index contributed by atoms with van der Waals surface area (Å²) in [4.78, 5) is 8.51. The van der Waals surface area contributed by atoms with Gasteiger partial charge < -0.3 is 41.9 Å². The van der Waals surface area contributed by atoms with Gasteiger partial charge in [0, 0.05) is 10.8 Å². The summed E-state index contributed by atoms with van der Waals surface area (Å²) in [6, 6.07) is 12.2. The molecule has 4 rings (SSSR count). The summed E-state index contributed by atoms with van der Waals surface area (Å²) in [5.41, 5.74) is 24.4. The first-order valence-corrected chi connectivity index (χ1v) is 15.9. The molecule has 45 heavy (non-hydrogen) atoms. The largest absolute Gasteiger partial charge is 0.493 e. The summed E-state index contributed by atoms with van der Waals surface area (Å²) < 4.78 is 53.0. The van der Waals surface area contributed by atoms with Gasteiger partial charge in [-0.2, -0.15) is 8.42 Å². The van der Waals surface area contributed by atoms with Crippen LogP contribution in [0.25, 0.3) is 0 Å². The zero-order valence-corrected chi connectivity index (χ0v) is 27.3. The average Bonchev–Trinajstić information content (AvgIpc) is 3.69. The Hall–Kier alpha value is -3.95. The fourth-order valence-corrected chi connectivity index (χ4v) is 6.00. The number of hydrogen-bond acceptors (Lipinski definition) is 8. The number of methoxy groups -OCH3 is 4. The number of nitrogens with zero attached hydrogens (tertiary/aromatic N) is 2. The van der Waals surface area contributed by atoms with E-state index in [9.17, 15) is 0 Å². The van der Waals surface area contributed by atoms with Gasteiger partial charge >= 0.3 is 10.4 Å². The van der Waals surface area contributed by atoms with E-state index >= 15 is 0 Å². The summed E-state index contributed by atoms with van der Waals surface area (Å²) in [5, 5.41) is 0. The second-order valence-corrected chi connectivity index (χ2v) is 11.9. The van der Waals surface area contributed by atoms with Gasteiger partial charge in [-0.3, -0.25) is 19.1 Å². The van der Waals surface area contributed by atoms with E-state index in [2.05, 4.69) is 22.1 Å². The predicted octanol–water partition coefficient (Wildman–Crippen LogP) is 2.93. The number of rotatable bonds is 10. The lowest BCUT2D eigenvalue weighted by atomic mass is 9.79. The molecule has 14 nitrogen and oxygen atoms in total. The highest BCUT2D eigenvalue weighted by atomic mass is 32.3. The summed E-state index contributed by atoms with van der Waals surface area (Å²) in [5.74, 6) is 3.29. The van der Waals surface area contributed by atoms with Gasteiger partial charge in [0.25, 0.3) is 0 Å². The normalized spacial score (nSPS) is 16.1. The first-order valence-electron chi connectivity index (χ1n) is 14.5. The SMILES string of the molecule is COc1ccc(C2(CN=C(N)N)CCCC2)cc1OC.COc1ccc(C2(CN=C(N)N)CCCC2)cc1OC.O=S(=O)(O)O. The van der Waals surface area contributed by atoms with E-state index in [-0.39, 0.29) is 22.7 Å². The Labute approximate surface area is 265 Å². The van der Waals surface area contributed by atoms with Crippen molar-refractivity contribution < 1.29 is 36.5 Å². The van der Waals surface area contributed by atoms with Crippen LogP contribution < -0.4 is 41.9 Å². The molecular weight excluding hydrogens is 604 g/mol. The minimum atomic E-state index is -4.67. The molecule has 15 heteroatoms.